The van der Waals surface area contributed by atoms with E-state index in [1.807, 2.05) is 57.2 Å². The zero-order valence-corrected chi connectivity index (χ0v) is 16.7. The van der Waals surface area contributed by atoms with Gasteiger partial charge in [0.1, 0.15) is 11.4 Å². The number of likely N-dealkylation sites (N-methyl/N-ethyl adjacent to an activating group) is 1. The molecule has 1 aliphatic rings. The number of carbonyl (C=O) groups is 1. The van der Waals surface area contributed by atoms with Crippen LogP contribution in [-0.4, -0.2) is 36.8 Å². The summed E-state index contributed by atoms with van der Waals surface area (Å²) in [6.07, 6.45) is 10.3. The van der Waals surface area contributed by atoms with Gasteiger partial charge in [-0.1, -0.05) is 43.5 Å². The van der Waals surface area contributed by atoms with Crippen LogP contribution in [0.3, 0.4) is 0 Å². The molecule has 1 aromatic carbocycles. The first kappa shape index (κ1) is 20.3. The number of carbonyl (C=O) groups excluding carboxylic acids is 1. The van der Waals surface area contributed by atoms with Gasteiger partial charge in [-0.25, -0.2) is 4.79 Å². The van der Waals surface area contributed by atoms with Crippen molar-refractivity contribution >= 4 is 12.2 Å². The van der Waals surface area contributed by atoms with Gasteiger partial charge in [-0.05, 0) is 57.2 Å². The van der Waals surface area contributed by atoms with Crippen LogP contribution in [-0.2, 0) is 4.74 Å². The molecule has 1 saturated carbocycles. The van der Waals surface area contributed by atoms with Crippen LogP contribution in [0.5, 0.6) is 5.75 Å². The van der Waals surface area contributed by atoms with Gasteiger partial charge in [0, 0.05) is 13.6 Å². The molecule has 1 amide bonds. The SMILES string of the molecule is CN(C/C=C/c1cccc(OCC2CCCCC2)c1)C(=O)OC(C)(C)C. The lowest BCUT2D eigenvalue weighted by molar-refractivity contribution is 0.0318. The molecule has 2 rings (SSSR count). The molecule has 0 radical (unpaired) electrons. The van der Waals surface area contributed by atoms with Crippen molar-refractivity contribution in [2.75, 3.05) is 20.2 Å². The van der Waals surface area contributed by atoms with Gasteiger partial charge in [-0.3, -0.25) is 0 Å². The van der Waals surface area contributed by atoms with Gasteiger partial charge in [0.15, 0.2) is 0 Å². The standard InChI is InChI=1S/C22H33NO3/c1-22(2,3)26-21(24)23(4)15-9-13-18-12-8-14-20(16-18)25-17-19-10-6-5-7-11-19/h8-9,12-14,16,19H,5-7,10-11,15,17H2,1-4H3/b13-9+. The number of ether oxygens (including phenoxy) is 2. The molecule has 0 atom stereocenters. The first-order chi connectivity index (χ1) is 12.3. The molecule has 0 unspecified atom stereocenters. The molecule has 0 bridgehead atoms. The first-order valence-corrected chi connectivity index (χ1v) is 9.67. The van der Waals surface area contributed by atoms with E-state index in [9.17, 15) is 4.79 Å². The Morgan fingerprint density at radius 3 is 2.65 bits per heavy atom. The fourth-order valence-electron chi connectivity index (χ4n) is 3.04. The monoisotopic (exact) mass is 359 g/mol. The second kappa shape index (κ2) is 9.65. The number of amides is 1. The number of hydrogen-bond donors (Lipinski definition) is 0. The minimum atomic E-state index is -0.473. The van der Waals surface area contributed by atoms with Crippen LogP contribution < -0.4 is 4.74 Å². The lowest BCUT2D eigenvalue weighted by atomic mass is 9.90. The average Bonchev–Trinajstić information content (AvgIpc) is 2.60. The minimum absolute atomic E-state index is 0.313. The quantitative estimate of drug-likeness (QED) is 0.671. The third kappa shape index (κ3) is 7.51. The first-order valence-electron chi connectivity index (χ1n) is 9.67. The van der Waals surface area contributed by atoms with E-state index in [0.29, 0.717) is 12.5 Å². The van der Waals surface area contributed by atoms with E-state index in [-0.39, 0.29) is 6.09 Å². The highest BCUT2D eigenvalue weighted by Gasteiger charge is 2.18. The molecule has 1 fully saturated rings. The zero-order chi connectivity index (χ0) is 19.0. The van der Waals surface area contributed by atoms with Gasteiger partial charge in [0.2, 0.25) is 0 Å². The van der Waals surface area contributed by atoms with Crippen LogP contribution in [0.15, 0.2) is 30.3 Å². The maximum Gasteiger partial charge on any atom is 0.410 e. The summed E-state index contributed by atoms with van der Waals surface area (Å²) in [5.74, 6) is 1.61. The van der Waals surface area contributed by atoms with Crippen molar-refractivity contribution in [2.45, 2.75) is 58.5 Å². The van der Waals surface area contributed by atoms with Gasteiger partial charge < -0.3 is 14.4 Å². The van der Waals surface area contributed by atoms with Crippen LogP contribution in [0, 0.1) is 5.92 Å². The van der Waals surface area contributed by atoms with Crippen molar-refractivity contribution in [1.82, 2.24) is 4.90 Å². The molecular formula is C22H33NO3. The van der Waals surface area contributed by atoms with Crippen LogP contribution in [0.25, 0.3) is 6.08 Å². The summed E-state index contributed by atoms with van der Waals surface area (Å²) in [7, 11) is 1.74. The summed E-state index contributed by atoms with van der Waals surface area (Å²) < 4.78 is 11.3. The van der Waals surface area contributed by atoms with E-state index in [4.69, 9.17) is 9.47 Å². The topological polar surface area (TPSA) is 38.8 Å². The van der Waals surface area contributed by atoms with Crippen molar-refractivity contribution < 1.29 is 14.3 Å². The lowest BCUT2D eigenvalue weighted by Gasteiger charge is -2.23. The van der Waals surface area contributed by atoms with Gasteiger partial charge >= 0.3 is 6.09 Å². The Hall–Kier alpha value is -1.97. The Morgan fingerprint density at radius 2 is 1.96 bits per heavy atom. The fourth-order valence-corrected chi connectivity index (χ4v) is 3.04. The van der Waals surface area contributed by atoms with E-state index >= 15 is 0 Å². The van der Waals surface area contributed by atoms with Crippen LogP contribution in [0.2, 0.25) is 0 Å². The molecule has 4 heteroatoms. The van der Waals surface area contributed by atoms with Crippen LogP contribution in [0.1, 0.15) is 58.4 Å². The van der Waals surface area contributed by atoms with Crippen molar-refractivity contribution in [3.8, 4) is 5.75 Å². The fraction of sp³-hybridized carbons (Fsp3) is 0.591. The van der Waals surface area contributed by atoms with Gasteiger partial charge in [0.05, 0.1) is 6.61 Å². The number of hydrogen-bond acceptors (Lipinski definition) is 3. The molecule has 144 valence electrons. The van der Waals surface area contributed by atoms with Gasteiger partial charge in [-0.2, -0.15) is 0 Å². The second-order valence-corrected chi connectivity index (χ2v) is 8.15. The number of rotatable bonds is 6. The van der Waals surface area contributed by atoms with E-state index in [0.717, 1.165) is 17.9 Å². The Balaban J connectivity index is 1.81. The summed E-state index contributed by atoms with van der Waals surface area (Å²) in [6.45, 7) is 6.92. The molecular weight excluding hydrogens is 326 g/mol. The molecule has 0 N–H and O–H groups in total. The third-order valence-electron chi connectivity index (χ3n) is 4.46. The van der Waals surface area contributed by atoms with Crippen LogP contribution in [0.4, 0.5) is 4.79 Å². The zero-order valence-electron chi connectivity index (χ0n) is 16.7. The molecule has 0 aromatic heterocycles. The van der Waals surface area contributed by atoms with Gasteiger partial charge in [0.25, 0.3) is 0 Å². The van der Waals surface area contributed by atoms with Crippen molar-refractivity contribution in [3.05, 3.63) is 35.9 Å². The highest BCUT2D eigenvalue weighted by molar-refractivity contribution is 5.68. The number of benzene rings is 1. The van der Waals surface area contributed by atoms with E-state index < -0.39 is 5.60 Å². The largest absolute Gasteiger partial charge is 0.493 e. The maximum absolute atomic E-state index is 11.9. The summed E-state index contributed by atoms with van der Waals surface area (Å²) >= 11 is 0. The molecule has 0 spiro atoms. The summed E-state index contributed by atoms with van der Waals surface area (Å²) in [6, 6.07) is 8.10. The Labute approximate surface area is 158 Å². The van der Waals surface area contributed by atoms with Crippen LogP contribution >= 0.6 is 0 Å². The lowest BCUT2D eigenvalue weighted by Crippen LogP contribution is -2.34. The van der Waals surface area contributed by atoms with Crippen molar-refractivity contribution in [1.29, 1.82) is 0 Å². The van der Waals surface area contributed by atoms with Crippen molar-refractivity contribution in [3.63, 3.8) is 0 Å². The molecule has 0 heterocycles. The van der Waals surface area contributed by atoms with Crippen molar-refractivity contribution in [2.24, 2.45) is 5.92 Å². The highest BCUT2D eigenvalue weighted by Crippen LogP contribution is 2.25. The predicted molar refractivity (Wildman–Crippen MR) is 106 cm³/mol. The predicted octanol–water partition coefficient (Wildman–Crippen LogP) is 5.53. The normalized spacial score (nSPS) is 15.8. The molecule has 26 heavy (non-hydrogen) atoms. The summed E-state index contributed by atoms with van der Waals surface area (Å²) in [5, 5.41) is 0. The molecule has 0 saturated heterocycles. The minimum Gasteiger partial charge on any atom is -0.493 e. The van der Waals surface area contributed by atoms with E-state index in [1.165, 1.54) is 32.1 Å². The Kier molecular flexibility index (Phi) is 7.55. The maximum atomic E-state index is 11.9. The molecule has 4 nitrogen and oxygen atoms in total. The van der Waals surface area contributed by atoms with E-state index in [1.54, 1.807) is 11.9 Å². The second-order valence-electron chi connectivity index (χ2n) is 8.15. The Bertz CT molecular complexity index is 598. The highest BCUT2D eigenvalue weighted by atomic mass is 16.6. The summed E-state index contributed by atoms with van der Waals surface area (Å²) in [4.78, 5) is 13.5. The third-order valence-corrected chi connectivity index (χ3v) is 4.46. The molecule has 1 aromatic rings. The Morgan fingerprint density at radius 1 is 1.23 bits per heavy atom. The number of nitrogens with zero attached hydrogens (tertiary/aromatic N) is 1. The van der Waals surface area contributed by atoms with E-state index in [2.05, 4.69) is 0 Å². The van der Waals surface area contributed by atoms with Gasteiger partial charge in [-0.15, -0.1) is 0 Å². The molecule has 0 aliphatic heterocycles. The smallest absolute Gasteiger partial charge is 0.410 e. The summed E-state index contributed by atoms with van der Waals surface area (Å²) in [5.41, 5.74) is 0.600. The molecule has 1 aliphatic carbocycles. The average molecular weight is 360 g/mol.